The molecule has 1 aromatic carbocycles. The Balaban J connectivity index is 2.95. The fourth-order valence-electron chi connectivity index (χ4n) is 1.05. The number of thiol groups is 1. The standard InChI is InChI=1S/C9H10F2O2S/c10-5-1-2-6(7(11)3-5)9(13)8(12)4-14/h1-3,8-9,12-14H,4H2. The van der Waals surface area contributed by atoms with Gasteiger partial charge in [-0.05, 0) is 6.07 Å². The van der Waals surface area contributed by atoms with Crippen molar-refractivity contribution >= 4 is 12.6 Å². The van der Waals surface area contributed by atoms with Gasteiger partial charge in [0.2, 0.25) is 0 Å². The molecule has 0 aliphatic carbocycles. The SMILES string of the molecule is OC(CS)C(O)c1ccc(F)cc1F. The summed E-state index contributed by atoms with van der Waals surface area (Å²) in [6.45, 7) is 0. The van der Waals surface area contributed by atoms with E-state index in [1.54, 1.807) is 0 Å². The van der Waals surface area contributed by atoms with E-state index in [0.717, 1.165) is 12.1 Å². The largest absolute Gasteiger partial charge is 0.389 e. The molecule has 0 aliphatic rings. The minimum absolute atomic E-state index is 0.00200. The Bertz CT molecular complexity index is 320. The molecule has 1 aromatic rings. The lowest BCUT2D eigenvalue weighted by molar-refractivity contribution is 0.0314. The van der Waals surface area contributed by atoms with Crippen LogP contribution in [0.15, 0.2) is 18.2 Å². The molecule has 2 atom stereocenters. The molecule has 0 aliphatic heterocycles. The van der Waals surface area contributed by atoms with Crippen LogP contribution in [0.2, 0.25) is 0 Å². The van der Waals surface area contributed by atoms with Crippen LogP contribution in [0.3, 0.4) is 0 Å². The maximum Gasteiger partial charge on any atom is 0.132 e. The lowest BCUT2D eigenvalue weighted by Gasteiger charge is -2.16. The van der Waals surface area contributed by atoms with E-state index in [1.165, 1.54) is 0 Å². The van der Waals surface area contributed by atoms with E-state index in [0.29, 0.717) is 6.07 Å². The smallest absolute Gasteiger partial charge is 0.132 e. The summed E-state index contributed by atoms with van der Waals surface area (Å²) >= 11 is 3.75. The number of hydrogen-bond donors (Lipinski definition) is 3. The Morgan fingerprint density at radius 3 is 2.43 bits per heavy atom. The maximum atomic E-state index is 13.1. The topological polar surface area (TPSA) is 40.5 Å². The van der Waals surface area contributed by atoms with Crippen LogP contribution in [0.25, 0.3) is 0 Å². The van der Waals surface area contributed by atoms with Gasteiger partial charge in [0.1, 0.15) is 17.7 Å². The molecule has 0 saturated carbocycles. The van der Waals surface area contributed by atoms with Gasteiger partial charge in [-0.2, -0.15) is 12.6 Å². The summed E-state index contributed by atoms with van der Waals surface area (Å²) in [5.41, 5.74) is -0.132. The molecule has 0 aromatic heterocycles. The molecule has 78 valence electrons. The van der Waals surface area contributed by atoms with Crippen molar-refractivity contribution in [1.82, 2.24) is 0 Å². The second-order valence-electron chi connectivity index (χ2n) is 2.86. The zero-order valence-electron chi connectivity index (χ0n) is 7.19. The Kier molecular flexibility index (Phi) is 3.86. The summed E-state index contributed by atoms with van der Waals surface area (Å²) < 4.78 is 25.6. The van der Waals surface area contributed by atoms with Crippen LogP contribution in [-0.4, -0.2) is 22.1 Å². The molecule has 2 N–H and O–H groups in total. The molecule has 0 saturated heterocycles. The molecule has 0 heterocycles. The Morgan fingerprint density at radius 2 is 1.93 bits per heavy atom. The van der Waals surface area contributed by atoms with Gasteiger partial charge in [-0.25, -0.2) is 8.78 Å². The highest BCUT2D eigenvalue weighted by Crippen LogP contribution is 2.21. The van der Waals surface area contributed by atoms with Gasteiger partial charge in [0.25, 0.3) is 0 Å². The Morgan fingerprint density at radius 1 is 1.29 bits per heavy atom. The van der Waals surface area contributed by atoms with Crippen LogP contribution in [0.4, 0.5) is 8.78 Å². The van der Waals surface area contributed by atoms with Crippen LogP contribution < -0.4 is 0 Å². The summed E-state index contributed by atoms with van der Waals surface area (Å²) in [6.07, 6.45) is -2.55. The predicted octanol–water partition coefficient (Wildman–Crippen LogP) is 1.29. The number of aliphatic hydroxyl groups excluding tert-OH is 2. The summed E-state index contributed by atoms with van der Waals surface area (Å²) in [6, 6.07) is 2.78. The Labute approximate surface area is 85.6 Å². The lowest BCUT2D eigenvalue weighted by Crippen LogP contribution is -2.20. The average molecular weight is 220 g/mol. The van der Waals surface area contributed by atoms with E-state index < -0.39 is 23.8 Å². The predicted molar refractivity (Wildman–Crippen MR) is 51.2 cm³/mol. The minimum Gasteiger partial charge on any atom is -0.389 e. The molecule has 1 rings (SSSR count). The van der Waals surface area contributed by atoms with E-state index in [9.17, 15) is 19.0 Å². The number of aliphatic hydroxyl groups is 2. The first-order chi connectivity index (χ1) is 6.56. The quantitative estimate of drug-likeness (QED) is 0.672. The zero-order chi connectivity index (χ0) is 10.7. The van der Waals surface area contributed by atoms with E-state index in [4.69, 9.17) is 0 Å². The van der Waals surface area contributed by atoms with Crippen molar-refractivity contribution in [3.63, 3.8) is 0 Å². The molecule has 2 unspecified atom stereocenters. The third-order valence-electron chi connectivity index (χ3n) is 1.83. The molecule has 5 heteroatoms. The van der Waals surface area contributed by atoms with Crippen molar-refractivity contribution < 1.29 is 19.0 Å². The molecule has 0 spiro atoms. The number of halogens is 2. The highest BCUT2D eigenvalue weighted by atomic mass is 32.1. The minimum atomic E-state index is -1.38. The normalized spacial score (nSPS) is 15.2. The number of rotatable bonds is 3. The van der Waals surface area contributed by atoms with Crippen molar-refractivity contribution in [3.05, 3.63) is 35.4 Å². The summed E-state index contributed by atoms with van der Waals surface area (Å²) in [5.74, 6) is -1.60. The molecule has 2 nitrogen and oxygen atoms in total. The third kappa shape index (κ3) is 2.43. The van der Waals surface area contributed by atoms with Crippen LogP contribution in [0, 0.1) is 11.6 Å². The first-order valence-corrected chi connectivity index (χ1v) is 4.61. The molecule has 14 heavy (non-hydrogen) atoms. The van der Waals surface area contributed by atoms with Gasteiger partial charge < -0.3 is 10.2 Å². The first kappa shape index (κ1) is 11.4. The summed E-state index contributed by atoms with van der Waals surface area (Å²) in [7, 11) is 0. The van der Waals surface area contributed by atoms with Crippen LogP contribution in [0.5, 0.6) is 0 Å². The van der Waals surface area contributed by atoms with Gasteiger partial charge in [-0.1, -0.05) is 6.07 Å². The molecular formula is C9H10F2O2S. The fourth-order valence-corrected chi connectivity index (χ4v) is 1.25. The van der Waals surface area contributed by atoms with Crippen molar-refractivity contribution in [2.45, 2.75) is 12.2 Å². The van der Waals surface area contributed by atoms with Gasteiger partial charge in [-0.15, -0.1) is 0 Å². The van der Waals surface area contributed by atoms with E-state index in [-0.39, 0.29) is 11.3 Å². The Hall–Kier alpha value is -0.650. The van der Waals surface area contributed by atoms with Crippen LogP contribution in [-0.2, 0) is 0 Å². The zero-order valence-corrected chi connectivity index (χ0v) is 8.09. The van der Waals surface area contributed by atoms with Crippen LogP contribution in [0.1, 0.15) is 11.7 Å². The van der Waals surface area contributed by atoms with E-state index in [1.807, 2.05) is 0 Å². The van der Waals surface area contributed by atoms with Crippen molar-refractivity contribution in [2.24, 2.45) is 0 Å². The number of hydrogen-bond acceptors (Lipinski definition) is 3. The van der Waals surface area contributed by atoms with Crippen molar-refractivity contribution in [1.29, 1.82) is 0 Å². The van der Waals surface area contributed by atoms with Gasteiger partial charge in [-0.3, -0.25) is 0 Å². The van der Waals surface area contributed by atoms with Gasteiger partial charge in [0, 0.05) is 17.4 Å². The highest BCUT2D eigenvalue weighted by molar-refractivity contribution is 7.80. The lowest BCUT2D eigenvalue weighted by atomic mass is 10.0. The van der Waals surface area contributed by atoms with Gasteiger partial charge in [0.05, 0.1) is 6.10 Å². The highest BCUT2D eigenvalue weighted by Gasteiger charge is 2.20. The summed E-state index contributed by atoms with van der Waals surface area (Å²) in [4.78, 5) is 0. The summed E-state index contributed by atoms with van der Waals surface area (Å²) in [5, 5.41) is 18.6. The number of benzene rings is 1. The first-order valence-electron chi connectivity index (χ1n) is 3.98. The average Bonchev–Trinajstić information content (AvgIpc) is 2.15. The van der Waals surface area contributed by atoms with Crippen LogP contribution >= 0.6 is 12.6 Å². The monoisotopic (exact) mass is 220 g/mol. The molecule has 0 radical (unpaired) electrons. The van der Waals surface area contributed by atoms with Crippen molar-refractivity contribution in [2.75, 3.05) is 5.75 Å². The maximum absolute atomic E-state index is 13.1. The van der Waals surface area contributed by atoms with E-state index in [2.05, 4.69) is 12.6 Å². The molecule has 0 bridgehead atoms. The molecule has 0 fully saturated rings. The van der Waals surface area contributed by atoms with Gasteiger partial charge in [0.15, 0.2) is 0 Å². The van der Waals surface area contributed by atoms with E-state index >= 15 is 0 Å². The third-order valence-corrected chi connectivity index (χ3v) is 2.21. The fraction of sp³-hybridized carbons (Fsp3) is 0.333. The molecule has 0 amide bonds. The second-order valence-corrected chi connectivity index (χ2v) is 3.23. The van der Waals surface area contributed by atoms with Gasteiger partial charge >= 0.3 is 0 Å². The second kappa shape index (κ2) is 4.72. The molecular weight excluding hydrogens is 210 g/mol. The van der Waals surface area contributed by atoms with Crippen molar-refractivity contribution in [3.8, 4) is 0 Å².